The predicted molar refractivity (Wildman–Crippen MR) is 62.2 cm³/mol. The molecule has 0 fully saturated rings. The largest absolute Gasteiger partial charge is 0.418 e. The molecule has 1 aliphatic rings. The van der Waals surface area contributed by atoms with Crippen molar-refractivity contribution in [3.8, 4) is 0 Å². The molecule has 0 amide bonds. The molecule has 0 spiro atoms. The molecule has 1 aromatic carbocycles. The Balaban J connectivity index is 2.49. The second-order valence-corrected chi connectivity index (χ2v) is 4.51. The maximum absolute atomic E-state index is 13.0. The zero-order valence-electron chi connectivity index (χ0n) is 10.0. The van der Waals surface area contributed by atoms with Gasteiger partial charge in [0.2, 0.25) is 0 Å². The smallest absolute Gasteiger partial charge is 0.368 e. The molecule has 0 aromatic heterocycles. The highest BCUT2D eigenvalue weighted by Crippen LogP contribution is 2.42. The van der Waals surface area contributed by atoms with Gasteiger partial charge in [-0.3, -0.25) is 0 Å². The molecule has 94 valence electrons. The van der Waals surface area contributed by atoms with Crippen LogP contribution in [-0.4, -0.2) is 12.6 Å². The van der Waals surface area contributed by atoms with Crippen molar-refractivity contribution in [2.45, 2.75) is 38.9 Å². The van der Waals surface area contributed by atoms with E-state index in [-0.39, 0.29) is 6.04 Å². The Bertz CT molecular complexity index is 412. The van der Waals surface area contributed by atoms with Gasteiger partial charge in [0.05, 0.1) is 11.3 Å². The SMILES string of the molecule is CCC(C)N1CCc2cccc(C(F)(F)F)c21. The summed E-state index contributed by atoms with van der Waals surface area (Å²) in [6.07, 6.45) is -2.70. The molecule has 0 bridgehead atoms. The molecule has 1 heterocycles. The molecule has 0 N–H and O–H groups in total. The number of para-hydroxylation sites is 1. The number of hydrogen-bond acceptors (Lipinski definition) is 1. The Kier molecular flexibility index (Phi) is 3.06. The lowest BCUT2D eigenvalue weighted by atomic mass is 10.1. The van der Waals surface area contributed by atoms with Gasteiger partial charge in [-0.25, -0.2) is 0 Å². The first-order chi connectivity index (χ1) is 7.95. The van der Waals surface area contributed by atoms with Gasteiger partial charge >= 0.3 is 6.18 Å². The topological polar surface area (TPSA) is 3.24 Å². The molecule has 0 aliphatic carbocycles. The average Bonchev–Trinajstić information content (AvgIpc) is 2.70. The molecule has 17 heavy (non-hydrogen) atoms. The first-order valence-corrected chi connectivity index (χ1v) is 5.91. The predicted octanol–water partition coefficient (Wildman–Crippen LogP) is 3.87. The van der Waals surface area contributed by atoms with Crippen LogP contribution in [-0.2, 0) is 12.6 Å². The third-order valence-electron chi connectivity index (χ3n) is 3.46. The van der Waals surface area contributed by atoms with Crippen LogP contribution >= 0.6 is 0 Å². The van der Waals surface area contributed by atoms with Crippen molar-refractivity contribution in [3.05, 3.63) is 29.3 Å². The van der Waals surface area contributed by atoms with Crippen LogP contribution in [0.3, 0.4) is 0 Å². The summed E-state index contributed by atoms with van der Waals surface area (Å²) >= 11 is 0. The molecule has 1 atom stereocenters. The lowest BCUT2D eigenvalue weighted by Crippen LogP contribution is -2.32. The van der Waals surface area contributed by atoms with Gasteiger partial charge in [-0.05, 0) is 31.4 Å². The Morgan fingerprint density at radius 3 is 2.65 bits per heavy atom. The summed E-state index contributed by atoms with van der Waals surface area (Å²) in [5.74, 6) is 0. The van der Waals surface area contributed by atoms with E-state index >= 15 is 0 Å². The average molecular weight is 243 g/mol. The number of halogens is 3. The van der Waals surface area contributed by atoms with Gasteiger partial charge in [-0.15, -0.1) is 0 Å². The summed E-state index contributed by atoms with van der Waals surface area (Å²) in [6, 6.07) is 4.63. The van der Waals surface area contributed by atoms with Gasteiger partial charge in [0.1, 0.15) is 0 Å². The number of alkyl halides is 3. The van der Waals surface area contributed by atoms with Gasteiger partial charge in [-0.2, -0.15) is 13.2 Å². The Morgan fingerprint density at radius 1 is 1.35 bits per heavy atom. The third kappa shape index (κ3) is 2.13. The molecule has 4 heteroatoms. The van der Waals surface area contributed by atoms with E-state index in [0.29, 0.717) is 18.7 Å². The van der Waals surface area contributed by atoms with Crippen molar-refractivity contribution < 1.29 is 13.2 Å². The molecule has 0 saturated carbocycles. The standard InChI is InChI=1S/C13H16F3N/c1-3-9(2)17-8-7-10-5-4-6-11(12(10)17)13(14,15)16/h4-6,9H,3,7-8H2,1-2H3. The van der Waals surface area contributed by atoms with Gasteiger partial charge in [0.15, 0.2) is 0 Å². The molecule has 1 unspecified atom stereocenters. The highest BCUT2D eigenvalue weighted by atomic mass is 19.4. The monoisotopic (exact) mass is 243 g/mol. The minimum atomic E-state index is -4.26. The number of anilines is 1. The summed E-state index contributed by atoms with van der Waals surface area (Å²) < 4.78 is 38.9. The molecular formula is C13H16F3N. The third-order valence-corrected chi connectivity index (χ3v) is 3.46. The van der Waals surface area contributed by atoms with E-state index in [2.05, 4.69) is 0 Å². The first kappa shape index (κ1) is 12.3. The number of fused-ring (bicyclic) bond motifs is 1. The fraction of sp³-hybridized carbons (Fsp3) is 0.538. The molecular weight excluding hydrogens is 227 g/mol. The Labute approximate surface area is 99.2 Å². The second kappa shape index (κ2) is 4.24. The van der Waals surface area contributed by atoms with Crippen molar-refractivity contribution in [1.82, 2.24) is 0 Å². The molecule has 0 saturated heterocycles. The lowest BCUT2D eigenvalue weighted by Gasteiger charge is -2.28. The number of benzene rings is 1. The molecule has 1 aliphatic heterocycles. The van der Waals surface area contributed by atoms with Crippen molar-refractivity contribution >= 4 is 5.69 Å². The van der Waals surface area contributed by atoms with E-state index in [9.17, 15) is 13.2 Å². The normalized spacial score (nSPS) is 17.1. The Morgan fingerprint density at radius 2 is 2.06 bits per heavy atom. The van der Waals surface area contributed by atoms with Gasteiger partial charge in [0.25, 0.3) is 0 Å². The molecule has 1 nitrogen and oxygen atoms in total. The van der Waals surface area contributed by atoms with Crippen LogP contribution < -0.4 is 4.90 Å². The fourth-order valence-corrected chi connectivity index (χ4v) is 2.37. The Hall–Kier alpha value is -1.19. The van der Waals surface area contributed by atoms with Crippen molar-refractivity contribution in [2.24, 2.45) is 0 Å². The van der Waals surface area contributed by atoms with Crippen LogP contribution in [0.15, 0.2) is 18.2 Å². The lowest BCUT2D eigenvalue weighted by molar-refractivity contribution is -0.137. The van der Waals surface area contributed by atoms with Gasteiger partial charge < -0.3 is 4.90 Å². The van der Waals surface area contributed by atoms with Crippen LogP contribution in [0.4, 0.5) is 18.9 Å². The first-order valence-electron chi connectivity index (χ1n) is 5.91. The van der Waals surface area contributed by atoms with Crippen LogP contribution in [0.5, 0.6) is 0 Å². The fourth-order valence-electron chi connectivity index (χ4n) is 2.37. The number of nitrogens with zero attached hydrogens (tertiary/aromatic N) is 1. The molecule has 0 radical (unpaired) electrons. The summed E-state index contributed by atoms with van der Waals surface area (Å²) in [7, 11) is 0. The van der Waals surface area contributed by atoms with E-state index < -0.39 is 11.7 Å². The van der Waals surface area contributed by atoms with Crippen molar-refractivity contribution in [2.75, 3.05) is 11.4 Å². The molecule has 1 aromatic rings. The second-order valence-electron chi connectivity index (χ2n) is 4.51. The summed E-state index contributed by atoms with van der Waals surface area (Å²) in [5, 5.41) is 0. The van der Waals surface area contributed by atoms with E-state index in [1.54, 1.807) is 6.07 Å². The molecule has 2 rings (SSSR count). The van der Waals surface area contributed by atoms with Crippen LogP contribution in [0, 0.1) is 0 Å². The minimum absolute atomic E-state index is 0.153. The van der Waals surface area contributed by atoms with E-state index in [1.807, 2.05) is 18.7 Å². The summed E-state index contributed by atoms with van der Waals surface area (Å²) in [5.41, 5.74) is 0.724. The maximum atomic E-state index is 13.0. The van der Waals surface area contributed by atoms with Crippen LogP contribution in [0.1, 0.15) is 31.4 Å². The summed E-state index contributed by atoms with van der Waals surface area (Å²) in [6.45, 7) is 4.67. The van der Waals surface area contributed by atoms with E-state index in [0.717, 1.165) is 12.0 Å². The minimum Gasteiger partial charge on any atom is -0.368 e. The van der Waals surface area contributed by atoms with Crippen LogP contribution in [0.25, 0.3) is 0 Å². The zero-order chi connectivity index (χ0) is 12.6. The van der Waals surface area contributed by atoms with Gasteiger partial charge in [0, 0.05) is 12.6 Å². The summed E-state index contributed by atoms with van der Waals surface area (Å²) in [4.78, 5) is 1.89. The van der Waals surface area contributed by atoms with Gasteiger partial charge in [-0.1, -0.05) is 19.1 Å². The van der Waals surface area contributed by atoms with E-state index in [1.165, 1.54) is 12.1 Å². The van der Waals surface area contributed by atoms with E-state index in [4.69, 9.17) is 0 Å². The highest BCUT2D eigenvalue weighted by molar-refractivity contribution is 5.64. The van der Waals surface area contributed by atoms with Crippen LogP contribution in [0.2, 0.25) is 0 Å². The quantitative estimate of drug-likeness (QED) is 0.762. The highest BCUT2D eigenvalue weighted by Gasteiger charge is 2.38. The zero-order valence-corrected chi connectivity index (χ0v) is 10.0. The maximum Gasteiger partial charge on any atom is 0.418 e. The number of hydrogen-bond donors (Lipinski definition) is 0. The number of rotatable bonds is 2. The van der Waals surface area contributed by atoms with Crippen molar-refractivity contribution in [3.63, 3.8) is 0 Å². The van der Waals surface area contributed by atoms with Crippen molar-refractivity contribution in [1.29, 1.82) is 0 Å².